The van der Waals surface area contributed by atoms with Crippen LogP contribution in [0.4, 0.5) is 0 Å². The maximum atomic E-state index is 2.49. The topological polar surface area (TPSA) is 24.6 Å². The van der Waals surface area contributed by atoms with Crippen molar-refractivity contribution in [3.05, 3.63) is 387 Å². The zero-order chi connectivity index (χ0) is 70.2. The van der Waals surface area contributed by atoms with Crippen LogP contribution < -0.4 is 0 Å². The Kier molecular flexibility index (Phi) is 13.8. The lowest BCUT2D eigenvalue weighted by atomic mass is 9.97. The summed E-state index contributed by atoms with van der Waals surface area (Å²) in [5.41, 5.74) is 33.4. The second-order valence-electron chi connectivity index (χ2n) is 28.7. The summed E-state index contributed by atoms with van der Waals surface area (Å²) >= 11 is 0. The van der Waals surface area contributed by atoms with Crippen LogP contribution in [0.5, 0.6) is 0 Å². The Balaban J connectivity index is 0.590. The van der Waals surface area contributed by atoms with E-state index in [0.29, 0.717) is 0 Å². The summed E-state index contributed by atoms with van der Waals surface area (Å²) in [6, 6.07) is 137. The number of hydrogen-bond donors (Lipinski definition) is 0. The van der Waals surface area contributed by atoms with Crippen molar-refractivity contribution in [3.8, 4) is 95.2 Å². The maximum absolute atomic E-state index is 2.49. The minimum absolute atomic E-state index is 1.01. The molecule has 0 saturated carbocycles. The van der Waals surface area contributed by atoms with Gasteiger partial charge in [-0.1, -0.05) is 224 Å². The van der Waals surface area contributed by atoms with Gasteiger partial charge < -0.3 is 22.8 Å². The zero-order valence-electron chi connectivity index (χ0n) is 58.5. The Morgan fingerprint density at radius 2 is 0.449 bits per heavy atom. The van der Waals surface area contributed by atoms with Crippen molar-refractivity contribution < 1.29 is 0 Å². The average Bonchev–Trinajstić information content (AvgIpc) is 1.60. The third kappa shape index (κ3) is 9.78. The van der Waals surface area contributed by atoms with E-state index in [9.17, 15) is 0 Å². The van der Waals surface area contributed by atoms with E-state index in [1.54, 1.807) is 0 Å². The summed E-state index contributed by atoms with van der Waals surface area (Å²) in [4.78, 5) is 0. The number of nitrogens with zero attached hydrogens (tertiary/aromatic N) is 5. The SMILES string of the molecule is C1=Cc2c(n(-c3ccc(-c4ccccc4)cc3)c3ccc(-c4ccc5c(c4)c4ccccc4n5-c4ccc(-c5cccc(-c6ccc7c8cc(-c9ccc%10c(c9)c9cc(-c%11ccc%12c(c%11)c%11ccccc%11n%12-c%11ccccc%11)ccc9n%10-c9ccccc9)ccc8n(-c8ccccc8)c7c6)c5)cc4)cc23)CC1. The van der Waals surface area contributed by atoms with Crippen molar-refractivity contribution in [2.45, 2.75) is 12.8 Å². The van der Waals surface area contributed by atoms with Crippen LogP contribution in [0.1, 0.15) is 17.7 Å². The Hall–Kier alpha value is -14.0. The van der Waals surface area contributed by atoms with E-state index in [1.165, 1.54) is 182 Å². The van der Waals surface area contributed by atoms with Crippen LogP contribution in [0, 0.1) is 0 Å². The lowest BCUT2D eigenvalue weighted by molar-refractivity contribution is 0.888. The van der Waals surface area contributed by atoms with Gasteiger partial charge in [0.2, 0.25) is 0 Å². The van der Waals surface area contributed by atoms with Crippen molar-refractivity contribution in [1.82, 2.24) is 22.8 Å². The molecule has 5 heterocycles. The van der Waals surface area contributed by atoms with Crippen molar-refractivity contribution in [2.24, 2.45) is 0 Å². The predicted molar refractivity (Wildman–Crippen MR) is 451 cm³/mol. The molecule has 0 bridgehead atoms. The summed E-state index contributed by atoms with van der Waals surface area (Å²) < 4.78 is 12.2. The van der Waals surface area contributed by atoms with Crippen molar-refractivity contribution in [3.63, 3.8) is 0 Å². The Labute approximate surface area is 618 Å². The highest BCUT2D eigenvalue weighted by Gasteiger charge is 2.24. The quantitative estimate of drug-likeness (QED) is 0.123. The highest BCUT2D eigenvalue weighted by atomic mass is 15.0. The monoisotopic (exact) mass is 1360 g/mol. The van der Waals surface area contributed by atoms with E-state index in [4.69, 9.17) is 0 Å². The van der Waals surface area contributed by atoms with Crippen LogP contribution in [-0.2, 0) is 6.42 Å². The van der Waals surface area contributed by atoms with Gasteiger partial charge in [0.1, 0.15) is 0 Å². The first-order valence-electron chi connectivity index (χ1n) is 37.2. The smallest absolute Gasteiger partial charge is 0.0547 e. The third-order valence-corrected chi connectivity index (χ3v) is 22.7. The number of rotatable bonds is 11. The normalized spacial score (nSPS) is 12.4. The van der Waals surface area contributed by atoms with Crippen LogP contribution in [0.15, 0.2) is 376 Å². The summed E-state index contributed by atoms with van der Waals surface area (Å²) in [6.07, 6.45) is 6.73. The molecule has 0 aliphatic heterocycles. The number of hydrogen-bond acceptors (Lipinski definition) is 0. The molecule has 0 spiro atoms. The van der Waals surface area contributed by atoms with Gasteiger partial charge in [0.15, 0.2) is 0 Å². The van der Waals surface area contributed by atoms with Gasteiger partial charge in [0.25, 0.3) is 0 Å². The molecule has 22 rings (SSSR count). The van der Waals surface area contributed by atoms with Gasteiger partial charge in [-0.3, -0.25) is 0 Å². The molecule has 0 amide bonds. The van der Waals surface area contributed by atoms with E-state index in [2.05, 4.69) is 405 Å². The number of fused-ring (bicyclic) bond motifs is 15. The van der Waals surface area contributed by atoms with Crippen molar-refractivity contribution >= 4 is 104 Å². The van der Waals surface area contributed by atoms with E-state index in [0.717, 1.165) is 35.6 Å². The van der Waals surface area contributed by atoms with E-state index in [1.807, 2.05) is 0 Å². The molecule has 0 radical (unpaired) electrons. The number of benzene rings is 16. The van der Waals surface area contributed by atoms with Crippen LogP contribution in [0.3, 0.4) is 0 Å². The molecule has 0 fully saturated rings. The number of allylic oxidation sites excluding steroid dienone is 1. The molecule has 0 unspecified atom stereocenters. The minimum atomic E-state index is 1.01. The van der Waals surface area contributed by atoms with Gasteiger partial charge >= 0.3 is 0 Å². The molecule has 1 aliphatic carbocycles. The van der Waals surface area contributed by atoms with Crippen LogP contribution in [-0.4, -0.2) is 22.8 Å². The first-order chi connectivity index (χ1) is 53.0. The molecule has 107 heavy (non-hydrogen) atoms. The van der Waals surface area contributed by atoms with Gasteiger partial charge in [-0.15, -0.1) is 0 Å². The predicted octanol–water partition coefficient (Wildman–Crippen LogP) is 27.0. The standard InChI is InChI=1S/C102H67N5/c1-5-20-66(21-6-1)67-36-47-81(48-37-67)105-94-34-17-14-31-84(94)88-59-71(42-53-97(88)105)72-43-54-98-89(60-72)85-32-15-18-35-95(85)106(98)82-49-38-68(39-50-82)69-22-19-23-70(58-69)77-40-51-86-90-62-74(44-55-99(90)107(102(86)65-77)80-28-11-4-12-29-80)76-46-57-101-92(64-76)91-63-75(45-56-100(91)104(101)79-26-9-3-10-27-79)73-41-52-96-87(61-73)83-30-13-16-33-93(83)103(96)78-24-7-2-8-25-78/h1-16,18-33,35-65H,17,34H2. The molecule has 1 aliphatic rings. The Morgan fingerprint density at radius 3 is 0.907 bits per heavy atom. The fraction of sp³-hybridized carbons (Fsp3) is 0.0196. The zero-order valence-corrected chi connectivity index (χ0v) is 58.5. The fourth-order valence-corrected chi connectivity index (χ4v) is 17.7. The fourth-order valence-electron chi connectivity index (χ4n) is 17.7. The summed E-state index contributed by atoms with van der Waals surface area (Å²) in [5, 5.41) is 11.1. The third-order valence-electron chi connectivity index (χ3n) is 22.7. The molecule has 0 atom stereocenters. The van der Waals surface area contributed by atoms with Crippen molar-refractivity contribution in [2.75, 3.05) is 0 Å². The van der Waals surface area contributed by atoms with E-state index < -0.39 is 0 Å². The summed E-state index contributed by atoms with van der Waals surface area (Å²) in [7, 11) is 0. The average molecular weight is 1360 g/mol. The highest BCUT2D eigenvalue weighted by Crippen LogP contribution is 2.45. The summed E-state index contributed by atoms with van der Waals surface area (Å²) in [6.45, 7) is 0. The van der Waals surface area contributed by atoms with Crippen molar-refractivity contribution in [1.29, 1.82) is 0 Å². The largest absolute Gasteiger partial charge is 0.313 e. The molecule has 16 aromatic carbocycles. The van der Waals surface area contributed by atoms with Gasteiger partial charge in [0, 0.05) is 88.2 Å². The molecule has 5 nitrogen and oxygen atoms in total. The van der Waals surface area contributed by atoms with Crippen LogP contribution in [0.2, 0.25) is 0 Å². The van der Waals surface area contributed by atoms with Gasteiger partial charge in [-0.2, -0.15) is 0 Å². The molecule has 21 aromatic rings. The van der Waals surface area contributed by atoms with Gasteiger partial charge in [-0.05, 0) is 237 Å². The maximum Gasteiger partial charge on any atom is 0.0547 e. The second-order valence-corrected chi connectivity index (χ2v) is 28.7. The lowest BCUT2D eigenvalue weighted by Crippen LogP contribution is -2.02. The Morgan fingerprint density at radius 1 is 0.168 bits per heavy atom. The lowest BCUT2D eigenvalue weighted by Gasteiger charge is -2.14. The number of aromatic nitrogens is 5. The Bertz CT molecular complexity index is 7180. The molecular weight excluding hydrogens is 1300 g/mol. The van der Waals surface area contributed by atoms with E-state index >= 15 is 0 Å². The minimum Gasteiger partial charge on any atom is -0.313 e. The second kappa shape index (κ2) is 24.3. The molecule has 500 valence electrons. The summed E-state index contributed by atoms with van der Waals surface area (Å²) in [5.74, 6) is 0. The van der Waals surface area contributed by atoms with E-state index in [-0.39, 0.29) is 0 Å². The molecule has 5 heteroatoms. The van der Waals surface area contributed by atoms with Crippen LogP contribution >= 0.6 is 0 Å². The first-order valence-corrected chi connectivity index (χ1v) is 37.2. The van der Waals surface area contributed by atoms with Crippen LogP contribution in [0.25, 0.3) is 199 Å². The number of para-hydroxylation sites is 5. The molecular formula is C102H67N5. The highest BCUT2D eigenvalue weighted by molar-refractivity contribution is 6.16. The molecule has 0 N–H and O–H groups in total. The first kappa shape index (κ1) is 60.6. The molecule has 5 aromatic heterocycles. The van der Waals surface area contributed by atoms with Gasteiger partial charge in [0.05, 0.1) is 49.7 Å². The van der Waals surface area contributed by atoms with Gasteiger partial charge in [-0.25, -0.2) is 0 Å². The molecule has 0 saturated heterocycles.